The predicted molar refractivity (Wildman–Crippen MR) is 53.5 cm³/mol. The Bertz CT molecular complexity index is 218. The molecule has 0 aromatic heterocycles. The van der Waals surface area contributed by atoms with Crippen LogP contribution in [0.4, 0.5) is 0 Å². The van der Waals surface area contributed by atoms with E-state index < -0.39 is 10.0 Å². The van der Waals surface area contributed by atoms with Crippen LogP contribution in [0.1, 0.15) is 6.92 Å². The summed E-state index contributed by atoms with van der Waals surface area (Å²) in [5.41, 5.74) is 0. The number of halogens is 1. The van der Waals surface area contributed by atoms with E-state index >= 15 is 0 Å². The molecule has 80 valence electrons. The number of sulfonamides is 1. The molecule has 0 saturated heterocycles. The summed E-state index contributed by atoms with van der Waals surface area (Å²) < 4.78 is 29.5. The normalized spacial score (nSPS) is 14.4. The van der Waals surface area contributed by atoms with Gasteiger partial charge in [0.25, 0.3) is 0 Å². The van der Waals surface area contributed by atoms with Gasteiger partial charge in [0.2, 0.25) is 10.0 Å². The Morgan fingerprint density at radius 2 is 2.15 bits per heavy atom. The predicted octanol–water partition coefficient (Wildman–Crippen LogP) is 0.427. The molecule has 6 heteroatoms. The fourth-order valence-corrected chi connectivity index (χ4v) is 2.28. The van der Waals surface area contributed by atoms with Crippen LogP contribution in [0.2, 0.25) is 0 Å². The second-order valence-electron chi connectivity index (χ2n) is 2.92. The molecule has 0 saturated carbocycles. The average Bonchev–Trinajstić information content (AvgIpc) is 2.02. The van der Waals surface area contributed by atoms with Crippen molar-refractivity contribution in [2.45, 2.75) is 6.92 Å². The number of hydrogen-bond donors (Lipinski definition) is 1. The molecule has 0 aliphatic heterocycles. The summed E-state index contributed by atoms with van der Waals surface area (Å²) in [5, 5.41) is 0. The summed E-state index contributed by atoms with van der Waals surface area (Å²) in [4.78, 5) is 0. The number of hydrogen-bond acceptors (Lipinski definition) is 3. The van der Waals surface area contributed by atoms with Crippen LogP contribution < -0.4 is 4.72 Å². The van der Waals surface area contributed by atoms with Crippen molar-refractivity contribution >= 4 is 21.6 Å². The van der Waals surface area contributed by atoms with E-state index in [1.165, 1.54) is 0 Å². The molecule has 13 heavy (non-hydrogen) atoms. The second kappa shape index (κ2) is 6.59. The third-order valence-corrected chi connectivity index (χ3v) is 3.21. The van der Waals surface area contributed by atoms with E-state index in [4.69, 9.17) is 16.3 Å². The molecule has 0 radical (unpaired) electrons. The van der Waals surface area contributed by atoms with Crippen LogP contribution in [-0.2, 0) is 14.8 Å². The van der Waals surface area contributed by atoms with Gasteiger partial charge in [-0.25, -0.2) is 13.1 Å². The Morgan fingerprint density at radius 1 is 1.54 bits per heavy atom. The summed E-state index contributed by atoms with van der Waals surface area (Å²) in [6.45, 7) is 2.85. The fraction of sp³-hybridized carbons (Fsp3) is 1.00. The molecule has 1 N–H and O–H groups in total. The van der Waals surface area contributed by atoms with Crippen molar-refractivity contribution in [3.8, 4) is 0 Å². The van der Waals surface area contributed by atoms with Crippen LogP contribution in [0, 0.1) is 5.92 Å². The maximum Gasteiger partial charge on any atom is 0.212 e. The van der Waals surface area contributed by atoms with E-state index in [9.17, 15) is 8.42 Å². The Balaban J connectivity index is 3.74. The maximum absolute atomic E-state index is 11.1. The average molecular weight is 230 g/mol. The Kier molecular flexibility index (Phi) is 6.67. The lowest BCUT2D eigenvalue weighted by molar-refractivity contribution is 0.161. The molecule has 0 aliphatic rings. The molecule has 0 fully saturated rings. The molecule has 0 amide bonds. The van der Waals surface area contributed by atoms with Gasteiger partial charge in [0, 0.05) is 26.1 Å². The number of rotatable bonds is 7. The highest BCUT2D eigenvalue weighted by Gasteiger charge is 2.10. The molecule has 0 bridgehead atoms. The third kappa shape index (κ3) is 7.25. The highest BCUT2D eigenvalue weighted by molar-refractivity contribution is 7.89. The summed E-state index contributed by atoms with van der Waals surface area (Å²) in [7, 11) is -1.60. The number of nitrogens with one attached hydrogen (secondary N) is 1. The molecule has 0 aromatic carbocycles. The maximum atomic E-state index is 11.1. The van der Waals surface area contributed by atoms with Crippen molar-refractivity contribution in [2.75, 3.05) is 31.9 Å². The van der Waals surface area contributed by atoms with Crippen LogP contribution in [0.25, 0.3) is 0 Å². The van der Waals surface area contributed by atoms with Crippen molar-refractivity contribution in [1.82, 2.24) is 4.72 Å². The van der Waals surface area contributed by atoms with Crippen LogP contribution in [0.15, 0.2) is 0 Å². The van der Waals surface area contributed by atoms with Crippen molar-refractivity contribution < 1.29 is 13.2 Å². The van der Waals surface area contributed by atoms with Crippen molar-refractivity contribution in [3.05, 3.63) is 0 Å². The number of methoxy groups -OCH3 is 1. The second-order valence-corrected chi connectivity index (χ2v) is 5.22. The topological polar surface area (TPSA) is 55.4 Å². The van der Waals surface area contributed by atoms with Gasteiger partial charge in [-0.2, -0.15) is 0 Å². The van der Waals surface area contributed by atoms with Gasteiger partial charge in [-0.3, -0.25) is 0 Å². The monoisotopic (exact) mass is 229 g/mol. The zero-order valence-corrected chi connectivity index (χ0v) is 9.49. The van der Waals surface area contributed by atoms with Crippen molar-refractivity contribution in [3.63, 3.8) is 0 Å². The van der Waals surface area contributed by atoms with Gasteiger partial charge in [-0.15, -0.1) is 11.6 Å². The highest BCUT2D eigenvalue weighted by atomic mass is 35.5. The van der Waals surface area contributed by atoms with Gasteiger partial charge in [-0.1, -0.05) is 6.92 Å². The van der Waals surface area contributed by atoms with E-state index in [0.717, 1.165) is 0 Å². The van der Waals surface area contributed by atoms with Crippen LogP contribution >= 0.6 is 11.6 Å². The SMILES string of the molecule is COCC(C)CNS(=O)(=O)CCCl. The van der Waals surface area contributed by atoms with Gasteiger partial charge in [0.15, 0.2) is 0 Å². The summed E-state index contributed by atoms with van der Waals surface area (Å²) in [6.07, 6.45) is 0. The first-order valence-electron chi connectivity index (χ1n) is 4.04. The first-order valence-corrected chi connectivity index (χ1v) is 6.22. The van der Waals surface area contributed by atoms with Gasteiger partial charge >= 0.3 is 0 Å². The lowest BCUT2D eigenvalue weighted by Gasteiger charge is -2.10. The zero-order valence-electron chi connectivity index (χ0n) is 7.92. The van der Waals surface area contributed by atoms with Crippen molar-refractivity contribution in [2.24, 2.45) is 5.92 Å². The fourth-order valence-electron chi connectivity index (χ4n) is 0.786. The van der Waals surface area contributed by atoms with E-state index in [1.54, 1.807) is 7.11 Å². The van der Waals surface area contributed by atoms with E-state index in [0.29, 0.717) is 13.2 Å². The molecular weight excluding hydrogens is 214 g/mol. The molecule has 0 aliphatic carbocycles. The zero-order chi connectivity index (χ0) is 10.3. The molecule has 0 spiro atoms. The van der Waals surface area contributed by atoms with E-state index in [1.807, 2.05) is 6.92 Å². The van der Waals surface area contributed by atoms with E-state index in [-0.39, 0.29) is 17.6 Å². The van der Waals surface area contributed by atoms with Crippen molar-refractivity contribution in [1.29, 1.82) is 0 Å². The molecule has 0 aromatic rings. The first kappa shape index (κ1) is 13.2. The van der Waals surface area contributed by atoms with Gasteiger partial charge in [0.1, 0.15) is 0 Å². The number of alkyl halides is 1. The highest BCUT2D eigenvalue weighted by Crippen LogP contribution is 1.94. The van der Waals surface area contributed by atoms with Crippen LogP contribution in [0.5, 0.6) is 0 Å². The Labute approximate surface area is 84.7 Å². The lowest BCUT2D eigenvalue weighted by Crippen LogP contribution is -2.32. The minimum Gasteiger partial charge on any atom is -0.384 e. The number of ether oxygens (including phenoxy) is 1. The Morgan fingerprint density at radius 3 is 2.62 bits per heavy atom. The van der Waals surface area contributed by atoms with Gasteiger partial charge in [0.05, 0.1) is 5.75 Å². The molecule has 0 heterocycles. The third-order valence-electron chi connectivity index (χ3n) is 1.45. The van der Waals surface area contributed by atoms with Crippen LogP contribution in [-0.4, -0.2) is 40.3 Å². The molecule has 0 rings (SSSR count). The molecule has 1 unspecified atom stereocenters. The summed E-state index contributed by atoms with van der Waals surface area (Å²) in [6, 6.07) is 0. The first-order chi connectivity index (χ1) is 6.02. The minimum atomic E-state index is -3.18. The van der Waals surface area contributed by atoms with E-state index in [2.05, 4.69) is 4.72 Å². The molecule has 1 atom stereocenters. The largest absolute Gasteiger partial charge is 0.384 e. The quantitative estimate of drug-likeness (QED) is 0.644. The lowest BCUT2D eigenvalue weighted by atomic mass is 10.2. The minimum absolute atomic E-state index is 0.0335. The molecular formula is C7H16ClNO3S. The Hall–Kier alpha value is 0.160. The van der Waals surface area contributed by atoms with Crippen LogP contribution in [0.3, 0.4) is 0 Å². The van der Waals surface area contributed by atoms with Gasteiger partial charge in [-0.05, 0) is 5.92 Å². The smallest absolute Gasteiger partial charge is 0.212 e. The standard InChI is InChI=1S/C7H16ClNO3S/c1-7(6-12-2)5-9-13(10,11)4-3-8/h7,9H,3-6H2,1-2H3. The summed E-state index contributed by atoms with van der Waals surface area (Å²) >= 11 is 5.32. The summed E-state index contributed by atoms with van der Waals surface area (Å²) in [5.74, 6) is 0.262. The molecule has 4 nitrogen and oxygen atoms in total. The van der Waals surface area contributed by atoms with Gasteiger partial charge < -0.3 is 4.74 Å².